The SMILES string of the molecule is CCOc1ccc(OCC)c(NC(=O)/C=C/c2ccco2)c1. The molecule has 1 aromatic carbocycles. The van der Waals surface area contributed by atoms with Crippen molar-refractivity contribution in [3.8, 4) is 11.5 Å². The highest BCUT2D eigenvalue weighted by atomic mass is 16.5. The number of hydrogen-bond donors (Lipinski definition) is 1. The minimum Gasteiger partial charge on any atom is -0.494 e. The van der Waals surface area contributed by atoms with Gasteiger partial charge in [-0.25, -0.2) is 0 Å². The molecule has 0 spiro atoms. The second kappa shape index (κ2) is 7.93. The smallest absolute Gasteiger partial charge is 0.248 e. The molecular weight excluding hydrogens is 282 g/mol. The van der Waals surface area contributed by atoms with Gasteiger partial charge >= 0.3 is 0 Å². The van der Waals surface area contributed by atoms with Crippen molar-refractivity contribution in [3.05, 3.63) is 48.4 Å². The van der Waals surface area contributed by atoms with Gasteiger partial charge in [0.15, 0.2) is 0 Å². The predicted molar refractivity (Wildman–Crippen MR) is 85.2 cm³/mol. The Morgan fingerprint density at radius 1 is 1.23 bits per heavy atom. The van der Waals surface area contributed by atoms with Crippen molar-refractivity contribution in [2.75, 3.05) is 18.5 Å². The van der Waals surface area contributed by atoms with Crippen molar-refractivity contribution in [2.24, 2.45) is 0 Å². The molecule has 1 aromatic heterocycles. The van der Waals surface area contributed by atoms with E-state index in [0.717, 1.165) is 0 Å². The highest BCUT2D eigenvalue weighted by Gasteiger charge is 2.08. The maximum atomic E-state index is 12.0. The first-order valence-electron chi connectivity index (χ1n) is 7.15. The van der Waals surface area contributed by atoms with Gasteiger partial charge in [0.2, 0.25) is 5.91 Å². The zero-order valence-electron chi connectivity index (χ0n) is 12.7. The van der Waals surface area contributed by atoms with Crippen LogP contribution in [0.1, 0.15) is 19.6 Å². The Kier molecular flexibility index (Phi) is 5.65. The standard InChI is InChI=1S/C17H19NO4/c1-3-20-14-7-9-16(21-4-2)15(12-14)18-17(19)10-8-13-6-5-11-22-13/h5-12H,3-4H2,1-2H3,(H,18,19)/b10-8+. The Labute approximate surface area is 129 Å². The molecule has 0 unspecified atom stereocenters. The number of amides is 1. The summed E-state index contributed by atoms with van der Waals surface area (Å²) in [6, 6.07) is 8.86. The van der Waals surface area contributed by atoms with Gasteiger partial charge < -0.3 is 19.2 Å². The van der Waals surface area contributed by atoms with E-state index in [2.05, 4.69) is 5.32 Å². The average Bonchev–Trinajstić information content (AvgIpc) is 3.02. The van der Waals surface area contributed by atoms with Crippen molar-refractivity contribution >= 4 is 17.7 Å². The average molecular weight is 301 g/mol. The van der Waals surface area contributed by atoms with Gasteiger partial charge in [0.05, 0.1) is 25.2 Å². The van der Waals surface area contributed by atoms with Crippen LogP contribution in [0.5, 0.6) is 11.5 Å². The summed E-state index contributed by atoms with van der Waals surface area (Å²) < 4.78 is 16.1. The van der Waals surface area contributed by atoms with Crippen molar-refractivity contribution in [1.82, 2.24) is 0 Å². The van der Waals surface area contributed by atoms with Crippen LogP contribution >= 0.6 is 0 Å². The minimum absolute atomic E-state index is 0.272. The van der Waals surface area contributed by atoms with Gasteiger partial charge in [-0.2, -0.15) is 0 Å². The number of furan rings is 1. The van der Waals surface area contributed by atoms with Gasteiger partial charge in [0, 0.05) is 12.1 Å². The van der Waals surface area contributed by atoms with E-state index < -0.39 is 0 Å². The van der Waals surface area contributed by atoms with E-state index in [4.69, 9.17) is 13.9 Å². The van der Waals surface area contributed by atoms with Crippen LogP contribution in [-0.2, 0) is 4.79 Å². The number of hydrogen-bond acceptors (Lipinski definition) is 4. The summed E-state index contributed by atoms with van der Waals surface area (Å²) in [4.78, 5) is 12.0. The molecule has 5 nitrogen and oxygen atoms in total. The van der Waals surface area contributed by atoms with Crippen molar-refractivity contribution in [3.63, 3.8) is 0 Å². The van der Waals surface area contributed by atoms with E-state index >= 15 is 0 Å². The zero-order chi connectivity index (χ0) is 15.8. The molecule has 1 amide bonds. The molecule has 2 rings (SSSR count). The molecule has 0 fully saturated rings. The second-order valence-corrected chi connectivity index (χ2v) is 4.36. The molecular formula is C17H19NO4. The third-order valence-corrected chi connectivity index (χ3v) is 2.76. The number of benzene rings is 1. The lowest BCUT2D eigenvalue weighted by Crippen LogP contribution is -2.09. The first-order chi connectivity index (χ1) is 10.7. The molecule has 0 atom stereocenters. The first-order valence-corrected chi connectivity index (χ1v) is 7.15. The van der Waals surface area contributed by atoms with Crippen LogP contribution < -0.4 is 14.8 Å². The molecule has 116 valence electrons. The maximum Gasteiger partial charge on any atom is 0.248 e. The second-order valence-electron chi connectivity index (χ2n) is 4.36. The number of rotatable bonds is 7. The molecule has 0 radical (unpaired) electrons. The molecule has 0 saturated carbocycles. The van der Waals surface area contributed by atoms with E-state index in [0.29, 0.717) is 36.2 Å². The lowest BCUT2D eigenvalue weighted by Gasteiger charge is -2.12. The summed E-state index contributed by atoms with van der Waals surface area (Å²) in [5.74, 6) is 1.62. The van der Waals surface area contributed by atoms with Crippen molar-refractivity contribution in [2.45, 2.75) is 13.8 Å². The number of carbonyl (C=O) groups excluding carboxylic acids is 1. The number of anilines is 1. The Morgan fingerprint density at radius 3 is 2.73 bits per heavy atom. The van der Waals surface area contributed by atoms with Crippen LogP contribution in [0.4, 0.5) is 5.69 Å². The summed E-state index contributed by atoms with van der Waals surface area (Å²) in [6.45, 7) is 4.86. The first kappa shape index (κ1) is 15.7. The van der Waals surface area contributed by atoms with Gasteiger partial charge in [-0.05, 0) is 44.2 Å². The fourth-order valence-electron chi connectivity index (χ4n) is 1.86. The number of carbonyl (C=O) groups is 1. The maximum absolute atomic E-state index is 12.0. The monoisotopic (exact) mass is 301 g/mol. The molecule has 5 heteroatoms. The highest BCUT2D eigenvalue weighted by molar-refractivity contribution is 6.02. The number of ether oxygens (including phenoxy) is 2. The third kappa shape index (κ3) is 4.41. The van der Waals surface area contributed by atoms with Crippen molar-refractivity contribution in [1.29, 1.82) is 0 Å². The lowest BCUT2D eigenvalue weighted by molar-refractivity contribution is -0.111. The molecule has 1 heterocycles. The summed E-state index contributed by atoms with van der Waals surface area (Å²) in [5, 5.41) is 2.78. The summed E-state index contributed by atoms with van der Waals surface area (Å²) in [7, 11) is 0. The Hall–Kier alpha value is -2.69. The fraction of sp³-hybridized carbons (Fsp3) is 0.235. The summed E-state index contributed by atoms with van der Waals surface area (Å²) in [6.07, 6.45) is 4.56. The Bertz CT molecular complexity index is 632. The predicted octanol–water partition coefficient (Wildman–Crippen LogP) is 3.73. The molecule has 1 N–H and O–H groups in total. The van der Waals surface area contributed by atoms with E-state index in [1.54, 1.807) is 36.6 Å². The Morgan fingerprint density at radius 2 is 2.05 bits per heavy atom. The molecule has 0 aliphatic heterocycles. The normalized spacial score (nSPS) is 10.6. The van der Waals surface area contributed by atoms with E-state index in [9.17, 15) is 4.79 Å². The van der Waals surface area contributed by atoms with Crippen LogP contribution in [0.25, 0.3) is 6.08 Å². The fourth-order valence-corrected chi connectivity index (χ4v) is 1.86. The van der Waals surface area contributed by atoms with E-state index in [1.165, 1.54) is 6.08 Å². The highest BCUT2D eigenvalue weighted by Crippen LogP contribution is 2.29. The van der Waals surface area contributed by atoms with Crippen LogP contribution in [0.3, 0.4) is 0 Å². The molecule has 0 bridgehead atoms. The van der Waals surface area contributed by atoms with Gasteiger partial charge in [-0.1, -0.05) is 0 Å². The largest absolute Gasteiger partial charge is 0.494 e. The molecule has 0 aliphatic rings. The molecule has 22 heavy (non-hydrogen) atoms. The third-order valence-electron chi connectivity index (χ3n) is 2.76. The minimum atomic E-state index is -0.272. The summed E-state index contributed by atoms with van der Waals surface area (Å²) >= 11 is 0. The Balaban J connectivity index is 2.11. The zero-order valence-corrected chi connectivity index (χ0v) is 12.7. The van der Waals surface area contributed by atoms with Crippen LogP contribution in [0.15, 0.2) is 47.1 Å². The van der Waals surface area contributed by atoms with Gasteiger partial charge in [0.1, 0.15) is 17.3 Å². The van der Waals surface area contributed by atoms with Crippen LogP contribution in [0.2, 0.25) is 0 Å². The van der Waals surface area contributed by atoms with E-state index in [-0.39, 0.29) is 5.91 Å². The summed E-state index contributed by atoms with van der Waals surface area (Å²) in [5.41, 5.74) is 0.571. The van der Waals surface area contributed by atoms with Gasteiger partial charge in [0.25, 0.3) is 0 Å². The van der Waals surface area contributed by atoms with Gasteiger partial charge in [-0.15, -0.1) is 0 Å². The quantitative estimate of drug-likeness (QED) is 0.792. The van der Waals surface area contributed by atoms with Crippen LogP contribution in [-0.4, -0.2) is 19.1 Å². The molecule has 2 aromatic rings. The lowest BCUT2D eigenvalue weighted by atomic mass is 10.2. The number of nitrogens with one attached hydrogen (secondary N) is 1. The molecule has 0 saturated heterocycles. The molecule has 0 aliphatic carbocycles. The van der Waals surface area contributed by atoms with E-state index in [1.807, 2.05) is 19.9 Å². The van der Waals surface area contributed by atoms with Gasteiger partial charge in [-0.3, -0.25) is 4.79 Å². The topological polar surface area (TPSA) is 60.7 Å². The van der Waals surface area contributed by atoms with Crippen LogP contribution in [0, 0.1) is 0 Å². The van der Waals surface area contributed by atoms with Crippen molar-refractivity contribution < 1.29 is 18.7 Å².